The molecule has 2 N–H and O–H groups in total. The smallest absolute Gasteiger partial charge is 0.222 e. The molecule has 0 saturated carbocycles. The fourth-order valence-corrected chi connectivity index (χ4v) is 2.47. The van der Waals surface area contributed by atoms with Gasteiger partial charge in [0.1, 0.15) is 5.75 Å². The average molecular weight is 278 g/mol. The molecule has 3 aromatic rings. The molecule has 2 heterocycles. The second-order valence-corrected chi connectivity index (χ2v) is 4.87. The molecule has 104 valence electrons. The molecule has 2 aromatic carbocycles. The van der Waals surface area contributed by atoms with Gasteiger partial charge in [-0.3, -0.25) is 0 Å². The largest absolute Gasteiger partial charge is 0.492 e. The van der Waals surface area contributed by atoms with Gasteiger partial charge in [-0.25, -0.2) is 10.4 Å². The maximum atomic E-state index is 5.62. The molecule has 0 bridgehead atoms. The highest BCUT2D eigenvalue weighted by Crippen LogP contribution is 2.24. The lowest BCUT2D eigenvalue weighted by atomic mass is 10.0. The zero-order chi connectivity index (χ0) is 14.1. The zero-order valence-corrected chi connectivity index (χ0v) is 11.3. The molecule has 0 saturated heterocycles. The number of rotatable bonds is 2. The highest BCUT2D eigenvalue weighted by atomic mass is 16.5. The second kappa shape index (κ2) is 4.94. The number of nitrogens with one attached hydrogen (secondary N) is 2. The van der Waals surface area contributed by atoms with E-state index >= 15 is 0 Å². The topological polar surface area (TPSA) is 62.3 Å². The summed E-state index contributed by atoms with van der Waals surface area (Å²) in [5.74, 6) is 1.53. The molecule has 0 aliphatic carbocycles. The zero-order valence-electron chi connectivity index (χ0n) is 11.3. The van der Waals surface area contributed by atoms with Gasteiger partial charge in [0.25, 0.3) is 0 Å². The Bertz CT molecular complexity index is 789. The standard InChI is InChI=1S/C16H14N4O/c1-4-8-15-11(5-1)12(9-10-21-15)19-20-16-17-13-6-2-3-7-14(13)18-16/h1-8H,9-10H2,(H2,17,18,20). The number of aromatic amines is 1. The number of fused-ring (bicyclic) bond motifs is 2. The van der Waals surface area contributed by atoms with Crippen LogP contribution in [0, 0.1) is 0 Å². The van der Waals surface area contributed by atoms with Crippen LogP contribution >= 0.6 is 0 Å². The van der Waals surface area contributed by atoms with Crippen molar-refractivity contribution in [3.63, 3.8) is 0 Å². The molecule has 0 radical (unpaired) electrons. The number of hydrogen-bond donors (Lipinski definition) is 2. The van der Waals surface area contributed by atoms with Crippen LogP contribution in [0.25, 0.3) is 11.0 Å². The summed E-state index contributed by atoms with van der Waals surface area (Å²) in [4.78, 5) is 7.65. The Hall–Kier alpha value is -2.82. The van der Waals surface area contributed by atoms with Crippen LogP contribution < -0.4 is 10.2 Å². The summed E-state index contributed by atoms with van der Waals surface area (Å²) in [7, 11) is 0. The van der Waals surface area contributed by atoms with Crippen molar-refractivity contribution in [2.45, 2.75) is 6.42 Å². The molecule has 21 heavy (non-hydrogen) atoms. The Balaban J connectivity index is 1.64. The van der Waals surface area contributed by atoms with E-state index in [4.69, 9.17) is 4.74 Å². The Kier molecular flexibility index (Phi) is 2.81. The summed E-state index contributed by atoms with van der Waals surface area (Å²) in [6.07, 6.45) is 0.782. The van der Waals surface area contributed by atoms with Gasteiger partial charge in [-0.1, -0.05) is 24.3 Å². The van der Waals surface area contributed by atoms with E-state index in [0.29, 0.717) is 12.6 Å². The number of para-hydroxylation sites is 3. The Labute approximate surface area is 121 Å². The van der Waals surface area contributed by atoms with E-state index in [0.717, 1.165) is 34.5 Å². The van der Waals surface area contributed by atoms with E-state index in [1.807, 2.05) is 48.5 Å². The molecule has 1 aliphatic heterocycles. The SMILES string of the molecule is c1ccc2c(c1)OCCC2=NNc1nc2ccccc2[nH]1. The summed E-state index contributed by atoms with van der Waals surface area (Å²) in [5, 5.41) is 4.48. The van der Waals surface area contributed by atoms with Crippen LogP contribution in [0.2, 0.25) is 0 Å². The van der Waals surface area contributed by atoms with Crippen LogP contribution in [0.4, 0.5) is 5.95 Å². The van der Waals surface area contributed by atoms with Gasteiger partial charge in [-0.05, 0) is 24.3 Å². The number of nitrogens with zero attached hydrogens (tertiary/aromatic N) is 2. The molecule has 0 amide bonds. The van der Waals surface area contributed by atoms with Crippen molar-refractivity contribution in [3.05, 3.63) is 54.1 Å². The van der Waals surface area contributed by atoms with Crippen molar-refractivity contribution in [3.8, 4) is 5.75 Å². The van der Waals surface area contributed by atoms with E-state index in [9.17, 15) is 0 Å². The highest BCUT2D eigenvalue weighted by molar-refractivity contribution is 6.04. The van der Waals surface area contributed by atoms with E-state index < -0.39 is 0 Å². The van der Waals surface area contributed by atoms with Crippen molar-refractivity contribution < 1.29 is 4.74 Å². The lowest BCUT2D eigenvalue weighted by Gasteiger charge is -2.18. The van der Waals surface area contributed by atoms with Crippen molar-refractivity contribution in [2.24, 2.45) is 5.10 Å². The van der Waals surface area contributed by atoms with Crippen LogP contribution in [0.5, 0.6) is 5.75 Å². The number of benzene rings is 2. The number of ether oxygens (including phenoxy) is 1. The summed E-state index contributed by atoms with van der Waals surface area (Å²) >= 11 is 0. The summed E-state index contributed by atoms with van der Waals surface area (Å²) in [6.45, 7) is 0.650. The fraction of sp³-hybridized carbons (Fsp3) is 0.125. The van der Waals surface area contributed by atoms with Gasteiger partial charge in [0.05, 0.1) is 23.4 Å². The third kappa shape index (κ3) is 2.23. The van der Waals surface area contributed by atoms with Crippen molar-refractivity contribution >= 4 is 22.7 Å². The van der Waals surface area contributed by atoms with Crippen molar-refractivity contribution in [1.29, 1.82) is 0 Å². The first kappa shape index (κ1) is 12.0. The van der Waals surface area contributed by atoms with Gasteiger partial charge in [-0.15, -0.1) is 0 Å². The van der Waals surface area contributed by atoms with E-state index in [-0.39, 0.29) is 0 Å². The van der Waals surface area contributed by atoms with Gasteiger partial charge in [0, 0.05) is 12.0 Å². The summed E-state index contributed by atoms with van der Waals surface area (Å²) in [5.41, 5.74) is 6.95. The number of hydrogen-bond acceptors (Lipinski definition) is 4. The Morgan fingerprint density at radius 3 is 2.90 bits per heavy atom. The lowest BCUT2D eigenvalue weighted by molar-refractivity contribution is 0.320. The molecule has 1 aromatic heterocycles. The maximum Gasteiger partial charge on any atom is 0.222 e. The van der Waals surface area contributed by atoms with E-state index in [1.54, 1.807) is 0 Å². The van der Waals surface area contributed by atoms with E-state index in [2.05, 4.69) is 20.5 Å². The van der Waals surface area contributed by atoms with Crippen LogP contribution in [0.3, 0.4) is 0 Å². The molecule has 4 rings (SSSR count). The molecule has 1 aliphatic rings. The number of imidazole rings is 1. The monoisotopic (exact) mass is 278 g/mol. The van der Waals surface area contributed by atoms with Crippen LogP contribution in [-0.2, 0) is 0 Å². The lowest BCUT2D eigenvalue weighted by Crippen LogP contribution is -2.17. The van der Waals surface area contributed by atoms with Crippen LogP contribution in [-0.4, -0.2) is 22.3 Å². The molecular weight excluding hydrogens is 264 g/mol. The first-order valence-electron chi connectivity index (χ1n) is 6.90. The van der Waals surface area contributed by atoms with E-state index in [1.165, 1.54) is 0 Å². The molecule has 0 fully saturated rings. The minimum Gasteiger partial charge on any atom is -0.492 e. The quantitative estimate of drug-likeness (QED) is 0.708. The predicted molar refractivity (Wildman–Crippen MR) is 82.8 cm³/mol. The van der Waals surface area contributed by atoms with Crippen molar-refractivity contribution in [1.82, 2.24) is 9.97 Å². The third-order valence-corrected chi connectivity index (χ3v) is 3.48. The fourth-order valence-electron chi connectivity index (χ4n) is 2.47. The molecule has 0 atom stereocenters. The van der Waals surface area contributed by atoms with Gasteiger partial charge < -0.3 is 9.72 Å². The molecule has 5 nitrogen and oxygen atoms in total. The van der Waals surface area contributed by atoms with Gasteiger partial charge in [-0.2, -0.15) is 5.10 Å². The number of anilines is 1. The molecule has 0 unspecified atom stereocenters. The maximum absolute atomic E-state index is 5.62. The molecule has 0 spiro atoms. The van der Waals surface area contributed by atoms with Gasteiger partial charge in [0.15, 0.2) is 0 Å². The Morgan fingerprint density at radius 2 is 1.95 bits per heavy atom. The predicted octanol–water partition coefficient (Wildman–Crippen LogP) is 3.16. The van der Waals surface area contributed by atoms with Crippen LogP contribution in [0.15, 0.2) is 53.6 Å². The van der Waals surface area contributed by atoms with Gasteiger partial charge in [0.2, 0.25) is 5.95 Å². The number of H-pyrrole nitrogens is 1. The summed E-state index contributed by atoms with van der Waals surface area (Å²) in [6, 6.07) is 15.8. The minimum absolute atomic E-state index is 0.646. The highest BCUT2D eigenvalue weighted by Gasteiger charge is 2.16. The normalized spacial score (nSPS) is 15.7. The first-order valence-corrected chi connectivity index (χ1v) is 6.90. The van der Waals surface area contributed by atoms with Crippen molar-refractivity contribution in [2.75, 3.05) is 12.0 Å². The minimum atomic E-state index is 0.646. The second-order valence-electron chi connectivity index (χ2n) is 4.87. The number of hydrazone groups is 1. The average Bonchev–Trinajstić information content (AvgIpc) is 2.96. The molecule has 5 heteroatoms. The van der Waals surface area contributed by atoms with Gasteiger partial charge >= 0.3 is 0 Å². The summed E-state index contributed by atoms with van der Waals surface area (Å²) < 4.78 is 5.62. The molecular formula is C16H14N4O. The first-order chi connectivity index (χ1) is 10.4. The third-order valence-electron chi connectivity index (χ3n) is 3.48. The Morgan fingerprint density at radius 1 is 1.10 bits per heavy atom. The number of aromatic nitrogens is 2. The van der Waals surface area contributed by atoms with Crippen LogP contribution in [0.1, 0.15) is 12.0 Å².